The van der Waals surface area contributed by atoms with Crippen LogP contribution in [0.4, 0.5) is 4.39 Å². The molecule has 1 aromatic heterocycles. The smallest absolute Gasteiger partial charge is 0.123 e. The summed E-state index contributed by atoms with van der Waals surface area (Å²) in [7, 11) is 0. The Kier molecular flexibility index (Phi) is 4.61. The molecule has 0 aliphatic rings. The maximum Gasteiger partial charge on any atom is 0.123 e. The zero-order valence-electron chi connectivity index (χ0n) is 11.3. The van der Waals surface area contributed by atoms with E-state index in [0.717, 1.165) is 32.4 Å². The Morgan fingerprint density at radius 1 is 1.26 bits per heavy atom. The van der Waals surface area contributed by atoms with Crippen molar-refractivity contribution in [2.75, 3.05) is 6.54 Å². The zero-order valence-corrected chi connectivity index (χ0v) is 12.8. The second kappa shape index (κ2) is 6.04. The highest BCUT2D eigenvalue weighted by Crippen LogP contribution is 2.34. The fourth-order valence-corrected chi connectivity index (χ4v) is 3.47. The van der Waals surface area contributed by atoms with E-state index in [1.165, 1.54) is 0 Å². The molecule has 4 heteroatoms. The van der Waals surface area contributed by atoms with Crippen LogP contribution in [0.5, 0.6) is 0 Å². The van der Waals surface area contributed by atoms with E-state index in [1.807, 2.05) is 26.8 Å². The van der Waals surface area contributed by atoms with Crippen molar-refractivity contribution in [3.8, 4) is 0 Å². The summed E-state index contributed by atoms with van der Waals surface area (Å²) in [4.78, 5) is 1.12. The van der Waals surface area contributed by atoms with Crippen LogP contribution in [0.25, 0.3) is 0 Å². The topological polar surface area (TPSA) is 12.0 Å². The van der Waals surface area contributed by atoms with Crippen LogP contribution in [0, 0.1) is 19.7 Å². The third-order valence-electron chi connectivity index (χ3n) is 2.97. The van der Waals surface area contributed by atoms with E-state index in [2.05, 4.69) is 11.4 Å². The van der Waals surface area contributed by atoms with E-state index in [-0.39, 0.29) is 11.9 Å². The van der Waals surface area contributed by atoms with Gasteiger partial charge < -0.3 is 5.32 Å². The second-order valence-electron chi connectivity index (χ2n) is 4.66. The first-order valence-corrected chi connectivity index (χ1v) is 7.47. The summed E-state index contributed by atoms with van der Waals surface area (Å²) in [5.74, 6) is -0.197. The summed E-state index contributed by atoms with van der Waals surface area (Å²) in [6.45, 7) is 6.75. The first-order valence-electron chi connectivity index (χ1n) is 6.27. The Morgan fingerprint density at radius 3 is 2.53 bits per heavy atom. The number of thiophene rings is 1. The summed E-state index contributed by atoms with van der Waals surface area (Å²) in [5, 5.41) is 3.40. The third kappa shape index (κ3) is 3.35. The Hall–Kier alpha value is -0.900. The fourth-order valence-electron chi connectivity index (χ4n) is 2.14. The molecule has 0 bridgehead atoms. The molecule has 1 aromatic carbocycles. The van der Waals surface area contributed by atoms with Gasteiger partial charge in [0.25, 0.3) is 0 Å². The molecule has 0 radical (unpaired) electrons. The Balaban J connectivity index is 2.44. The normalized spacial score (nSPS) is 12.7. The number of benzene rings is 1. The largest absolute Gasteiger partial charge is 0.306 e. The summed E-state index contributed by atoms with van der Waals surface area (Å²) in [6.07, 6.45) is 0. The van der Waals surface area contributed by atoms with Crippen LogP contribution >= 0.6 is 22.9 Å². The Bertz CT molecular complexity index is 540. The average Bonchev–Trinajstić information content (AvgIpc) is 2.65. The second-order valence-corrected chi connectivity index (χ2v) is 6.34. The van der Waals surface area contributed by atoms with Gasteiger partial charge in [0.1, 0.15) is 5.82 Å². The molecule has 102 valence electrons. The average molecular weight is 298 g/mol. The van der Waals surface area contributed by atoms with Crippen LogP contribution < -0.4 is 5.32 Å². The summed E-state index contributed by atoms with van der Waals surface area (Å²) >= 11 is 7.69. The molecule has 0 aliphatic carbocycles. The monoisotopic (exact) mass is 297 g/mol. The first-order chi connectivity index (χ1) is 9.01. The number of nitrogens with one attached hydrogen (secondary N) is 1. The van der Waals surface area contributed by atoms with Crippen LogP contribution in [-0.2, 0) is 0 Å². The Labute approximate surface area is 122 Å². The molecule has 0 saturated carbocycles. The maximum atomic E-state index is 13.6. The van der Waals surface area contributed by atoms with Gasteiger partial charge in [-0.2, -0.15) is 0 Å². The zero-order chi connectivity index (χ0) is 14.0. The number of hydrogen-bond donors (Lipinski definition) is 1. The molecule has 1 atom stereocenters. The Morgan fingerprint density at radius 2 is 2.00 bits per heavy atom. The van der Waals surface area contributed by atoms with E-state index in [9.17, 15) is 4.39 Å². The lowest BCUT2D eigenvalue weighted by atomic mass is 10.0. The van der Waals surface area contributed by atoms with Gasteiger partial charge in [-0.25, -0.2) is 4.39 Å². The highest BCUT2D eigenvalue weighted by atomic mass is 35.5. The molecule has 0 amide bonds. The maximum absolute atomic E-state index is 13.6. The SMILES string of the molecule is CCNC(c1cc(C)cc(F)c1)c1cc(C)c(Cl)s1. The lowest BCUT2D eigenvalue weighted by molar-refractivity contribution is 0.605. The van der Waals surface area contributed by atoms with Crippen molar-refractivity contribution in [3.63, 3.8) is 0 Å². The van der Waals surface area contributed by atoms with Crippen molar-refractivity contribution in [2.45, 2.75) is 26.8 Å². The molecule has 0 spiro atoms. The van der Waals surface area contributed by atoms with E-state index in [1.54, 1.807) is 23.5 Å². The molecule has 1 nitrogen and oxygen atoms in total. The van der Waals surface area contributed by atoms with Gasteiger partial charge in [-0.3, -0.25) is 0 Å². The molecule has 1 unspecified atom stereocenters. The van der Waals surface area contributed by atoms with Crippen LogP contribution in [0.3, 0.4) is 0 Å². The van der Waals surface area contributed by atoms with Crippen molar-refractivity contribution in [2.24, 2.45) is 0 Å². The molecule has 0 aliphatic heterocycles. The number of hydrogen-bond acceptors (Lipinski definition) is 2. The quantitative estimate of drug-likeness (QED) is 0.850. The fraction of sp³-hybridized carbons (Fsp3) is 0.333. The van der Waals surface area contributed by atoms with Crippen molar-refractivity contribution < 1.29 is 4.39 Å². The third-order valence-corrected chi connectivity index (χ3v) is 4.59. The van der Waals surface area contributed by atoms with Gasteiger partial charge in [0.05, 0.1) is 10.4 Å². The minimum Gasteiger partial charge on any atom is -0.306 e. The molecule has 1 heterocycles. The lowest BCUT2D eigenvalue weighted by Crippen LogP contribution is -2.21. The highest BCUT2D eigenvalue weighted by Gasteiger charge is 2.17. The summed E-state index contributed by atoms with van der Waals surface area (Å²) in [5.41, 5.74) is 2.94. The van der Waals surface area contributed by atoms with Crippen LogP contribution in [0.1, 0.15) is 34.5 Å². The standard InChI is InChI=1S/C15H17ClFNS/c1-4-18-14(13-7-10(3)15(16)19-13)11-5-9(2)6-12(17)8-11/h5-8,14,18H,4H2,1-3H3. The summed E-state index contributed by atoms with van der Waals surface area (Å²) in [6, 6.07) is 7.21. The molecule has 2 rings (SSSR count). The molecule has 0 fully saturated rings. The van der Waals surface area contributed by atoms with E-state index in [0.29, 0.717) is 0 Å². The van der Waals surface area contributed by atoms with Crippen LogP contribution in [-0.4, -0.2) is 6.54 Å². The van der Waals surface area contributed by atoms with Crippen LogP contribution in [0.2, 0.25) is 4.34 Å². The molecule has 1 N–H and O–H groups in total. The highest BCUT2D eigenvalue weighted by molar-refractivity contribution is 7.16. The van der Waals surface area contributed by atoms with Crippen LogP contribution in [0.15, 0.2) is 24.3 Å². The molecule has 19 heavy (non-hydrogen) atoms. The van der Waals surface area contributed by atoms with Crippen molar-refractivity contribution in [1.29, 1.82) is 0 Å². The lowest BCUT2D eigenvalue weighted by Gasteiger charge is -2.17. The van der Waals surface area contributed by atoms with Gasteiger partial charge in [-0.15, -0.1) is 11.3 Å². The number of rotatable bonds is 4. The van der Waals surface area contributed by atoms with Gasteiger partial charge in [-0.1, -0.05) is 24.6 Å². The van der Waals surface area contributed by atoms with Gasteiger partial charge in [-0.05, 0) is 55.3 Å². The van der Waals surface area contributed by atoms with E-state index < -0.39 is 0 Å². The summed E-state index contributed by atoms with van der Waals surface area (Å²) < 4.78 is 14.4. The minimum absolute atomic E-state index is 0.00407. The van der Waals surface area contributed by atoms with Gasteiger partial charge in [0.2, 0.25) is 0 Å². The predicted molar refractivity (Wildman–Crippen MR) is 80.7 cm³/mol. The van der Waals surface area contributed by atoms with Crippen molar-refractivity contribution in [3.05, 3.63) is 56.0 Å². The van der Waals surface area contributed by atoms with E-state index >= 15 is 0 Å². The van der Waals surface area contributed by atoms with Crippen molar-refractivity contribution in [1.82, 2.24) is 5.32 Å². The number of aryl methyl sites for hydroxylation is 2. The molecule has 0 saturated heterocycles. The molecular weight excluding hydrogens is 281 g/mol. The number of halogens is 2. The predicted octanol–water partition coefficient (Wildman–Crippen LogP) is 4.86. The van der Waals surface area contributed by atoms with Gasteiger partial charge in [0.15, 0.2) is 0 Å². The van der Waals surface area contributed by atoms with E-state index in [4.69, 9.17) is 11.6 Å². The van der Waals surface area contributed by atoms with Gasteiger partial charge in [0, 0.05) is 4.88 Å². The molecular formula is C15H17ClFNS. The molecule has 2 aromatic rings. The first kappa shape index (κ1) is 14.5. The minimum atomic E-state index is -0.197. The van der Waals surface area contributed by atoms with Crippen molar-refractivity contribution >= 4 is 22.9 Å². The van der Waals surface area contributed by atoms with Gasteiger partial charge >= 0.3 is 0 Å².